The molecule has 0 aliphatic heterocycles. The molecule has 1 saturated carbocycles. The molecule has 166 valence electrons. The molecule has 1 unspecified atom stereocenters. The Labute approximate surface area is 184 Å². The van der Waals surface area contributed by atoms with E-state index in [1.165, 1.54) is 18.9 Å². The van der Waals surface area contributed by atoms with Crippen molar-refractivity contribution in [3.63, 3.8) is 0 Å². The summed E-state index contributed by atoms with van der Waals surface area (Å²) in [6, 6.07) is 6.74. The third-order valence-corrected chi connectivity index (χ3v) is 5.53. The van der Waals surface area contributed by atoms with Gasteiger partial charge in [0.2, 0.25) is 0 Å². The number of nitrogens with one attached hydrogen (secondary N) is 2. The van der Waals surface area contributed by atoms with Crippen LogP contribution < -0.4 is 15.5 Å². The monoisotopic (exact) mass is 425 g/mol. The van der Waals surface area contributed by atoms with Crippen LogP contribution in [0.15, 0.2) is 42.9 Å². The Morgan fingerprint density at radius 2 is 2.06 bits per heavy atom. The summed E-state index contributed by atoms with van der Waals surface area (Å²) in [5.74, 6) is 1.83. The maximum absolute atomic E-state index is 13.2. The van der Waals surface area contributed by atoms with Gasteiger partial charge in [-0.05, 0) is 62.3 Å². The van der Waals surface area contributed by atoms with Crippen molar-refractivity contribution in [2.75, 3.05) is 16.8 Å². The summed E-state index contributed by atoms with van der Waals surface area (Å²) >= 11 is 0. The lowest BCUT2D eigenvalue weighted by atomic mass is 10.1. The zero-order valence-electron chi connectivity index (χ0n) is 18.6. The molecule has 1 atom stereocenters. The van der Waals surface area contributed by atoms with Gasteiger partial charge >= 0.3 is 0 Å². The summed E-state index contributed by atoms with van der Waals surface area (Å²) in [7, 11) is 0. The second-order valence-electron chi connectivity index (χ2n) is 8.14. The van der Waals surface area contributed by atoms with Crippen molar-refractivity contribution < 1.29 is 9.18 Å². The fourth-order valence-corrected chi connectivity index (χ4v) is 3.57. The normalized spacial score (nSPS) is 14.1. The average Bonchev–Trinajstić information content (AvgIpc) is 3.59. The van der Waals surface area contributed by atoms with Gasteiger partial charge in [-0.15, -0.1) is 0 Å². The van der Waals surface area contributed by atoms with E-state index in [-0.39, 0.29) is 11.9 Å². The number of halogens is 1. The number of carbonyl (C=O) groups is 1. The van der Waals surface area contributed by atoms with Gasteiger partial charge in [0.1, 0.15) is 29.0 Å². The van der Waals surface area contributed by atoms with E-state index in [1.807, 2.05) is 17.9 Å². The largest absolute Gasteiger partial charge is 0.350 e. The Kier molecular flexibility index (Phi) is 7.60. The van der Waals surface area contributed by atoms with Gasteiger partial charge in [0, 0.05) is 12.6 Å². The first kappa shape index (κ1) is 22.7. The quantitative estimate of drug-likeness (QED) is 0.528. The zero-order valence-corrected chi connectivity index (χ0v) is 18.6. The number of rotatable bonds is 11. The highest BCUT2D eigenvalue weighted by Crippen LogP contribution is 2.29. The molecule has 1 aliphatic carbocycles. The number of amides is 1. The van der Waals surface area contributed by atoms with Crippen molar-refractivity contribution >= 4 is 17.5 Å². The lowest BCUT2D eigenvalue weighted by Gasteiger charge is -2.35. The molecule has 1 aliphatic rings. The maximum Gasteiger partial charge on any atom is 0.269 e. The van der Waals surface area contributed by atoms with E-state index in [4.69, 9.17) is 4.98 Å². The fourth-order valence-electron chi connectivity index (χ4n) is 3.57. The standard InChI is InChI=1S/C24H32FN5O/c1-5-7-20(6-2)30(17(4)28-22-13-11-19(25)15-26-22)23-16(3)8-12-21(29-23)24(31)27-14-18-9-10-18/h8,11-13,15,18,20H,4-7,9-10,14H2,1-3H3,(H,26,28)(H,27,31). The van der Waals surface area contributed by atoms with E-state index >= 15 is 0 Å². The highest BCUT2D eigenvalue weighted by molar-refractivity contribution is 5.92. The van der Waals surface area contributed by atoms with Crippen LogP contribution in [0.3, 0.4) is 0 Å². The Bertz CT molecular complexity index is 911. The molecule has 0 radical (unpaired) electrons. The summed E-state index contributed by atoms with van der Waals surface area (Å²) in [5.41, 5.74) is 1.34. The van der Waals surface area contributed by atoms with Gasteiger partial charge in [-0.3, -0.25) is 4.79 Å². The number of aryl methyl sites for hydroxylation is 1. The van der Waals surface area contributed by atoms with Crippen molar-refractivity contribution in [1.29, 1.82) is 0 Å². The topological polar surface area (TPSA) is 70.2 Å². The van der Waals surface area contributed by atoms with Gasteiger partial charge in [0.05, 0.1) is 6.20 Å². The fraction of sp³-hybridized carbons (Fsp3) is 0.458. The van der Waals surface area contributed by atoms with Gasteiger partial charge in [-0.25, -0.2) is 14.4 Å². The Balaban J connectivity index is 1.89. The molecule has 3 rings (SSSR count). The zero-order chi connectivity index (χ0) is 22.4. The minimum absolute atomic E-state index is 0.140. The molecule has 2 aromatic rings. The van der Waals surface area contributed by atoms with Crippen LogP contribution >= 0.6 is 0 Å². The predicted molar refractivity (Wildman–Crippen MR) is 122 cm³/mol. The van der Waals surface area contributed by atoms with Crippen molar-refractivity contribution in [2.45, 2.75) is 58.9 Å². The van der Waals surface area contributed by atoms with Crippen LogP contribution in [-0.4, -0.2) is 28.5 Å². The summed E-state index contributed by atoms with van der Waals surface area (Å²) in [6.07, 6.45) is 6.34. The molecule has 0 saturated heterocycles. The molecular formula is C24H32FN5O. The number of anilines is 2. The van der Waals surface area contributed by atoms with Gasteiger partial charge in [-0.1, -0.05) is 32.9 Å². The summed E-state index contributed by atoms with van der Waals surface area (Å²) in [6.45, 7) is 11.2. The number of hydrogen-bond acceptors (Lipinski definition) is 5. The third-order valence-electron chi connectivity index (χ3n) is 5.53. The molecule has 0 spiro atoms. The van der Waals surface area contributed by atoms with E-state index in [0.717, 1.165) is 31.0 Å². The number of hydrogen-bond donors (Lipinski definition) is 2. The van der Waals surface area contributed by atoms with Crippen molar-refractivity contribution in [1.82, 2.24) is 15.3 Å². The average molecular weight is 426 g/mol. The van der Waals surface area contributed by atoms with E-state index in [0.29, 0.717) is 35.6 Å². The summed E-state index contributed by atoms with van der Waals surface area (Å²) in [5, 5.41) is 6.16. The molecule has 1 fully saturated rings. The maximum atomic E-state index is 13.2. The van der Waals surface area contributed by atoms with Crippen LogP contribution in [0.1, 0.15) is 62.0 Å². The number of pyridine rings is 2. The van der Waals surface area contributed by atoms with E-state index in [9.17, 15) is 9.18 Å². The molecule has 0 bridgehead atoms. The van der Waals surface area contributed by atoms with Crippen LogP contribution in [0.2, 0.25) is 0 Å². The molecule has 6 nitrogen and oxygen atoms in total. The highest BCUT2D eigenvalue weighted by Gasteiger charge is 2.25. The van der Waals surface area contributed by atoms with Gasteiger partial charge < -0.3 is 15.5 Å². The van der Waals surface area contributed by atoms with Gasteiger partial charge in [0.25, 0.3) is 5.91 Å². The van der Waals surface area contributed by atoms with Crippen molar-refractivity contribution in [2.24, 2.45) is 5.92 Å². The SMILES string of the molecule is C=C(Nc1ccc(F)cn1)N(c1nc(C(=O)NCC2CC2)ccc1C)C(CC)CCC. The number of nitrogens with zero attached hydrogens (tertiary/aromatic N) is 3. The summed E-state index contributed by atoms with van der Waals surface area (Å²) < 4.78 is 13.2. The van der Waals surface area contributed by atoms with E-state index in [2.05, 4.69) is 36.0 Å². The van der Waals surface area contributed by atoms with E-state index < -0.39 is 5.82 Å². The highest BCUT2D eigenvalue weighted by atomic mass is 19.1. The van der Waals surface area contributed by atoms with Crippen LogP contribution in [0.5, 0.6) is 0 Å². The smallest absolute Gasteiger partial charge is 0.269 e. The third kappa shape index (κ3) is 6.03. The molecule has 2 heterocycles. The van der Waals surface area contributed by atoms with Gasteiger partial charge in [-0.2, -0.15) is 0 Å². The number of carbonyl (C=O) groups excluding carboxylic acids is 1. The minimum atomic E-state index is -0.396. The van der Waals surface area contributed by atoms with Gasteiger partial charge in [0.15, 0.2) is 0 Å². The van der Waals surface area contributed by atoms with E-state index in [1.54, 1.807) is 12.1 Å². The first-order chi connectivity index (χ1) is 14.9. The molecule has 0 aromatic carbocycles. The lowest BCUT2D eigenvalue weighted by Crippen LogP contribution is -2.38. The molecule has 2 aromatic heterocycles. The second kappa shape index (κ2) is 10.4. The lowest BCUT2D eigenvalue weighted by molar-refractivity contribution is 0.0947. The molecular weight excluding hydrogens is 393 g/mol. The molecule has 1 amide bonds. The first-order valence-corrected chi connectivity index (χ1v) is 11.1. The summed E-state index contributed by atoms with van der Waals surface area (Å²) in [4.78, 5) is 23.5. The van der Waals surface area contributed by atoms with Crippen LogP contribution in [0, 0.1) is 18.7 Å². The molecule has 7 heteroatoms. The van der Waals surface area contributed by atoms with Crippen LogP contribution in [-0.2, 0) is 0 Å². The van der Waals surface area contributed by atoms with Crippen LogP contribution in [0.25, 0.3) is 0 Å². The molecule has 31 heavy (non-hydrogen) atoms. The Morgan fingerprint density at radius 3 is 2.68 bits per heavy atom. The first-order valence-electron chi connectivity index (χ1n) is 11.1. The van der Waals surface area contributed by atoms with Crippen LogP contribution in [0.4, 0.5) is 16.0 Å². The van der Waals surface area contributed by atoms with Crippen molar-refractivity contribution in [3.05, 3.63) is 59.9 Å². The number of aromatic nitrogens is 2. The molecule has 2 N–H and O–H groups in total. The predicted octanol–water partition coefficient (Wildman–Crippen LogP) is 5.03. The van der Waals surface area contributed by atoms with Crippen molar-refractivity contribution in [3.8, 4) is 0 Å². The second-order valence-corrected chi connectivity index (χ2v) is 8.14. The Hall–Kier alpha value is -2.96. The minimum Gasteiger partial charge on any atom is -0.350 e. The Morgan fingerprint density at radius 1 is 1.29 bits per heavy atom.